The quantitative estimate of drug-likeness (QED) is 0.803. The molecule has 0 bridgehead atoms. The van der Waals surface area contributed by atoms with E-state index in [0.29, 0.717) is 19.3 Å². The van der Waals surface area contributed by atoms with Gasteiger partial charge in [-0.15, -0.1) is 0 Å². The van der Waals surface area contributed by atoms with Gasteiger partial charge in [-0.1, -0.05) is 0 Å². The van der Waals surface area contributed by atoms with Crippen molar-refractivity contribution in [2.24, 2.45) is 0 Å². The molecule has 1 aliphatic rings. The van der Waals surface area contributed by atoms with Crippen LogP contribution in [-0.2, 0) is 4.79 Å². The lowest BCUT2D eigenvalue weighted by Crippen LogP contribution is -2.52. The largest absolute Gasteiger partial charge is 0.463 e. The number of nitrogens with one attached hydrogen (secondary N) is 1. The van der Waals surface area contributed by atoms with E-state index >= 15 is 0 Å². The summed E-state index contributed by atoms with van der Waals surface area (Å²) < 4.78 is 60.9. The summed E-state index contributed by atoms with van der Waals surface area (Å²) >= 11 is 1.52. The van der Waals surface area contributed by atoms with Gasteiger partial charge in [-0.3, -0.25) is 4.79 Å². The normalized spacial score (nSPS) is 26.0. The van der Waals surface area contributed by atoms with Crippen molar-refractivity contribution in [2.75, 3.05) is 6.26 Å². The molecule has 0 aromatic rings. The second-order valence-corrected chi connectivity index (χ2v) is 5.05. The maximum atomic E-state index is 12.6. The fourth-order valence-electron chi connectivity index (χ4n) is 1.69. The molecule has 100 valence electrons. The average Bonchev–Trinajstić information content (AvgIpc) is 2.63. The summed E-state index contributed by atoms with van der Waals surface area (Å²) in [5, 5.41) is 1.98. The van der Waals surface area contributed by atoms with Gasteiger partial charge in [0.2, 0.25) is 0 Å². The molecule has 2 unspecified atom stereocenters. The van der Waals surface area contributed by atoms with E-state index in [1.165, 1.54) is 11.8 Å². The summed E-state index contributed by atoms with van der Waals surface area (Å²) in [6.45, 7) is 0. The minimum atomic E-state index is -5.84. The minimum Gasteiger partial charge on any atom is -0.348 e. The van der Waals surface area contributed by atoms with Crippen molar-refractivity contribution < 1.29 is 26.7 Å². The monoisotopic (exact) mass is 277 g/mol. The number of hydrogen-bond acceptors (Lipinski definition) is 2. The van der Waals surface area contributed by atoms with Crippen molar-refractivity contribution in [2.45, 2.75) is 42.7 Å². The molecule has 1 amide bonds. The van der Waals surface area contributed by atoms with E-state index < -0.39 is 24.0 Å². The van der Waals surface area contributed by atoms with Crippen LogP contribution in [0.2, 0.25) is 0 Å². The molecule has 0 heterocycles. The predicted octanol–water partition coefficient (Wildman–Crippen LogP) is 2.58. The van der Waals surface area contributed by atoms with Gasteiger partial charge >= 0.3 is 18.0 Å². The van der Waals surface area contributed by atoms with Crippen LogP contribution < -0.4 is 5.32 Å². The molecule has 1 rings (SSSR count). The Bertz CT molecular complexity index is 294. The first kappa shape index (κ1) is 14.5. The van der Waals surface area contributed by atoms with Gasteiger partial charge in [0.15, 0.2) is 0 Å². The number of carbonyl (C=O) groups is 1. The van der Waals surface area contributed by atoms with Gasteiger partial charge in [-0.05, 0) is 25.5 Å². The number of hydrogen-bond donors (Lipinski definition) is 1. The van der Waals surface area contributed by atoms with Gasteiger partial charge in [-0.25, -0.2) is 0 Å². The molecule has 2 atom stereocenters. The average molecular weight is 277 g/mol. The number of alkyl halides is 5. The van der Waals surface area contributed by atoms with E-state index in [4.69, 9.17) is 0 Å². The second kappa shape index (κ2) is 4.99. The highest BCUT2D eigenvalue weighted by molar-refractivity contribution is 7.99. The van der Waals surface area contributed by atoms with Crippen LogP contribution in [0.25, 0.3) is 0 Å². The summed E-state index contributed by atoms with van der Waals surface area (Å²) in [4.78, 5) is 10.9. The molecular formula is C9H12F5NOS. The van der Waals surface area contributed by atoms with Crippen molar-refractivity contribution in [1.82, 2.24) is 5.32 Å². The Morgan fingerprint density at radius 2 is 1.82 bits per heavy atom. The summed E-state index contributed by atoms with van der Waals surface area (Å²) in [6, 6.07) is -0.590. The fourth-order valence-corrected chi connectivity index (χ4v) is 2.49. The first-order chi connectivity index (χ1) is 7.68. The van der Waals surface area contributed by atoms with Crippen LogP contribution in [0, 0.1) is 0 Å². The molecule has 1 aliphatic carbocycles. The Hall–Kier alpha value is -0.530. The van der Waals surface area contributed by atoms with Gasteiger partial charge < -0.3 is 5.32 Å². The van der Waals surface area contributed by atoms with Gasteiger partial charge in [0.25, 0.3) is 0 Å². The van der Waals surface area contributed by atoms with Crippen LogP contribution in [0.4, 0.5) is 22.0 Å². The van der Waals surface area contributed by atoms with Crippen molar-refractivity contribution >= 4 is 17.7 Å². The van der Waals surface area contributed by atoms with E-state index in [1.54, 1.807) is 5.32 Å². The third-order valence-electron chi connectivity index (χ3n) is 2.69. The van der Waals surface area contributed by atoms with Gasteiger partial charge in [0.05, 0.1) is 0 Å². The molecule has 0 spiro atoms. The highest BCUT2D eigenvalue weighted by Gasteiger charge is 2.63. The van der Waals surface area contributed by atoms with E-state index in [2.05, 4.69) is 0 Å². The van der Waals surface area contributed by atoms with Crippen molar-refractivity contribution in [1.29, 1.82) is 0 Å². The van der Waals surface area contributed by atoms with Crippen molar-refractivity contribution in [3.63, 3.8) is 0 Å². The third-order valence-corrected chi connectivity index (χ3v) is 3.79. The Morgan fingerprint density at radius 3 is 2.24 bits per heavy atom. The highest BCUT2D eigenvalue weighted by Crippen LogP contribution is 2.36. The molecule has 0 radical (unpaired) electrons. The lowest BCUT2D eigenvalue weighted by Gasteiger charge is -2.21. The van der Waals surface area contributed by atoms with Crippen molar-refractivity contribution in [3.8, 4) is 0 Å². The van der Waals surface area contributed by atoms with Crippen LogP contribution in [0.5, 0.6) is 0 Å². The number of rotatable bonds is 3. The lowest BCUT2D eigenvalue weighted by molar-refractivity contribution is -0.270. The second-order valence-electron chi connectivity index (χ2n) is 3.91. The van der Waals surface area contributed by atoms with Crippen LogP contribution >= 0.6 is 11.8 Å². The maximum Gasteiger partial charge on any atom is 0.463 e. The highest BCUT2D eigenvalue weighted by atomic mass is 32.2. The van der Waals surface area contributed by atoms with E-state index in [-0.39, 0.29) is 5.25 Å². The molecular weight excluding hydrogens is 265 g/mol. The number of thioether (sulfide) groups is 1. The lowest BCUT2D eigenvalue weighted by atomic mass is 10.2. The molecule has 1 N–H and O–H groups in total. The number of halogens is 5. The molecule has 0 aromatic carbocycles. The van der Waals surface area contributed by atoms with Crippen LogP contribution in [0.1, 0.15) is 19.3 Å². The minimum absolute atomic E-state index is 0.208. The van der Waals surface area contributed by atoms with E-state index in [0.717, 1.165) is 0 Å². The van der Waals surface area contributed by atoms with Crippen LogP contribution in [0.15, 0.2) is 0 Å². The molecule has 8 heteroatoms. The molecule has 2 nitrogen and oxygen atoms in total. The van der Waals surface area contributed by atoms with Gasteiger partial charge in [0.1, 0.15) is 0 Å². The summed E-state index contributed by atoms with van der Waals surface area (Å²) in [5.41, 5.74) is 0. The number of carbonyl (C=O) groups excluding carboxylic acids is 1. The third kappa shape index (κ3) is 3.23. The standard InChI is InChI=1S/C9H12F5NOS/c1-17-6-3-2-5(4-6)15-7(16)8(10,11)9(12,13)14/h5-6H,2-4H2,1H3,(H,15,16). The fraction of sp³-hybridized carbons (Fsp3) is 0.889. The summed E-state index contributed by atoms with van der Waals surface area (Å²) in [7, 11) is 0. The summed E-state index contributed by atoms with van der Waals surface area (Å²) in [5.74, 6) is -7.57. The first-order valence-corrected chi connectivity index (χ1v) is 6.25. The zero-order valence-electron chi connectivity index (χ0n) is 8.98. The predicted molar refractivity (Wildman–Crippen MR) is 54.1 cm³/mol. The first-order valence-electron chi connectivity index (χ1n) is 4.96. The molecule has 0 aliphatic heterocycles. The molecule has 0 saturated heterocycles. The Labute approximate surface area is 99.3 Å². The molecule has 1 saturated carbocycles. The topological polar surface area (TPSA) is 29.1 Å². The van der Waals surface area contributed by atoms with Gasteiger partial charge in [0, 0.05) is 11.3 Å². The summed E-state index contributed by atoms with van der Waals surface area (Å²) in [6.07, 6.45) is -2.43. The van der Waals surface area contributed by atoms with Crippen molar-refractivity contribution in [3.05, 3.63) is 0 Å². The molecule has 17 heavy (non-hydrogen) atoms. The van der Waals surface area contributed by atoms with Crippen LogP contribution in [-0.4, -0.2) is 35.6 Å². The zero-order chi connectivity index (χ0) is 13.3. The van der Waals surface area contributed by atoms with E-state index in [1.807, 2.05) is 6.26 Å². The molecule has 0 aromatic heterocycles. The Kier molecular flexibility index (Phi) is 4.27. The van der Waals surface area contributed by atoms with E-state index in [9.17, 15) is 26.7 Å². The Balaban J connectivity index is 2.56. The molecule has 1 fully saturated rings. The number of amides is 1. The van der Waals surface area contributed by atoms with Gasteiger partial charge in [-0.2, -0.15) is 33.7 Å². The van der Waals surface area contributed by atoms with Crippen LogP contribution in [0.3, 0.4) is 0 Å². The Morgan fingerprint density at radius 1 is 1.24 bits per heavy atom. The zero-order valence-corrected chi connectivity index (χ0v) is 9.80. The smallest absolute Gasteiger partial charge is 0.348 e. The maximum absolute atomic E-state index is 12.6. The SMILES string of the molecule is CSC1CCC(NC(=O)C(F)(F)C(F)(F)F)C1.